The molecule has 100 valence electrons. The molecule has 0 aliphatic carbocycles. The van der Waals surface area contributed by atoms with E-state index in [1.165, 1.54) is 17.3 Å². The van der Waals surface area contributed by atoms with E-state index in [4.69, 9.17) is 4.74 Å². The summed E-state index contributed by atoms with van der Waals surface area (Å²) in [6.45, 7) is 1.92. The SMILES string of the molecule is C[C@@H]1O[C@@]1(Cn1cncn1)c1cc(F)c(F)cc1F. The summed E-state index contributed by atoms with van der Waals surface area (Å²) in [6, 6.07) is 1.37. The van der Waals surface area contributed by atoms with Crippen molar-refractivity contribution < 1.29 is 17.9 Å². The number of benzene rings is 1. The molecule has 0 saturated carbocycles. The van der Waals surface area contributed by atoms with Crippen LogP contribution in [0, 0.1) is 17.5 Å². The van der Waals surface area contributed by atoms with Crippen LogP contribution in [0.5, 0.6) is 0 Å². The molecule has 2 heterocycles. The molecule has 19 heavy (non-hydrogen) atoms. The Hall–Kier alpha value is -1.89. The van der Waals surface area contributed by atoms with Gasteiger partial charge in [-0.25, -0.2) is 22.8 Å². The van der Waals surface area contributed by atoms with Crippen LogP contribution in [0.3, 0.4) is 0 Å². The Labute approximate surface area is 106 Å². The third-order valence-corrected chi connectivity index (χ3v) is 3.32. The lowest BCUT2D eigenvalue weighted by atomic mass is 9.95. The van der Waals surface area contributed by atoms with Gasteiger partial charge in [0.15, 0.2) is 11.6 Å². The zero-order valence-corrected chi connectivity index (χ0v) is 9.98. The van der Waals surface area contributed by atoms with E-state index in [0.29, 0.717) is 6.07 Å². The molecule has 0 unspecified atom stereocenters. The van der Waals surface area contributed by atoms with Crippen LogP contribution in [-0.2, 0) is 16.9 Å². The van der Waals surface area contributed by atoms with E-state index in [0.717, 1.165) is 6.07 Å². The highest BCUT2D eigenvalue weighted by atomic mass is 19.2. The molecule has 2 aromatic rings. The Morgan fingerprint density at radius 2 is 1.95 bits per heavy atom. The lowest BCUT2D eigenvalue weighted by molar-refractivity contribution is 0.256. The van der Waals surface area contributed by atoms with Gasteiger partial charge in [0.1, 0.15) is 24.1 Å². The summed E-state index contributed by atoms with van der Waals surface area (Å²) in [5.41, 5.74) is -1.03. The molecule has 0 spiro atoms. The van der Waals surface area contributed by atoms with E-state index in [9.17, 15) is 13.2 Å². The van der Waals surface area contributed by atoms with Crippen molar-refractivity contribution in [2.24, 2.45) is 0 Å². The van der Waals surface area contributed by atoms with Gasteiger partial charge < -0.3 is 4.74 Å². The van der Waals surface area contributed by atoms with Crippen molar-refractivity contribution in [3.8, 4) is 0 Å². The van der Waals surface area contributed by atoms with Gasteiger partial charge in [-0.05, 0) is 13.0 Å². The summed E-state index contributed by atoms with van der Waals surface area (Å²) in [4.78, 5) is 3.78. The maximum Gasteiger partial charge on any atom is 0.161 e. The molecule has 1 aliphatic heterocycles. The molecule has 4 nitrogen and oxygen atoms in total. The van der Waals surface area contributed by atoms with E-state index in [2.05, 4.69) is 10.1 Å². The minimum absolute atomic E-state index is 0.00519. The predicted octanol–water partition coefficient (Wildman–Crippen LogP) is 2.01. The number of ether oxygens (including phenoxy) is 1. The predicted molar refractivity (Wildman–Crippen MR) is 58.6 cm³/mol. The Kier molecular flexibility index (Phi) is 2.60. The molecule has 3 rings (SSSR count). The van der Waals surface area contributed by atoms with Crippen LogP contribution in [0.15, 0.2) is 24.8 Å². The van der Waals surface area contributed by atoms with Crippen molar-refractivity contribution >= 4 is 0 Å². The highest BCUT2D eigenvalue weighted by Gasteiger charge is 2.57. The first-order valence-corrected chi connectivity index (χ1v) is 5.68. The van der Waals surface area contributed by atoms with Crippen LogP contribution in [0.25, 0.3) is 0 Å². The summed E-state index contributed by atoms with van der Waals surface area (Å²) in [6.07, 6.45) is 2.48. The number of epoxide rings is 1. The summed E-state index contributed by atoms with van der Waals surface area (Å²) >= 11 is 0. The molecule has 0 amide bonds. The molecule has 0 bridgehead atoms. The highest BCUT2D eigenvalue weighted by molar-refractivity contribution is 5.31. The smallest absolute Gasteiger partial charge is 0.161 e. The third kappa shape index (κ3) is 1.90. The number of nitrogens with zero attached hydrogens (tertiary/aromatic N) is 3. The minimum atomic E-state index is -1.22. The Morgan fingerprint density at radius 1 is 1.26 bits per heavy atom. The molecule has 0 radical (unpaired) electrons. The van der Waals surface area contributed by atoms with Crippen molar-refractivity contribution in [2.45, 2.75) is 25.2 Å². The van der Waals surface area contributed by atoms with Gasteiger partial charge in [0.2, 0.25) is 0 Å². The number of hydrogen-bond donors (Lipinski definition) is 0. The third-order valence-electron chi connectivity index (χ3n) is 3.32. The van der Waals surface area contributed by atoms with E-state index in [-0.39, 0.29) is 18.2 Å². The van der Waals surface area contributed by atoms with E-state index in [1.54, 1.807) is 6.92 Å². The molecular weight excluding hydrogens is 259 g/mol. The zero-order valence-electron chi connectivity index (χ0n) is 9.98. The van der Waals surface area contributed by atoms with Crippen LogP contribution >= 0.6 is 0 Å². The standard InChI is InChI=1S/C12H10F3N3O/c1-7-12(19-7,4-18-6-16-5-17-18)8-2-10(14)11(15)3-9(8)13/h2-3,5-7H,4H2,1H3/t7-,12+/m0/s1. The molecular formula is C12H10F3N3O. The second-order valence-electron chi connectivity index (χ2n) is 4.49. The number of halogens is 3. The van der Waals surface area contributed by atoms with E-state index >= 15 is 0 Å². The van der Waals surface area contributed by atoms with Crippen molar-refractivity contribution in [2.75, 3.05) is 0 Å². The first-order chi connectivity index (χ1) is 9.03. The van der Waals surface area contributed by atoms with Gasteiger partial charge in [0.25, 0.3) is 0 Å². The maximum atomic E-state index is 13.8. The fraction of sp³-hybridized carbons (Fsp3) is 0.333. The van der Waals surface area contributed by atoms with Gasteiger partial charge in [0, 0.05) is 11.6 Å². The topological polar surface area (TPSA) is 43.2 Å². The molecule has 2 atom stereocenters. The van der Waals surface area contributed by atoms with Crippen LogP contribution < -0.4 is 0 Å². The number of aromatic nitrogens is 3. The van der Waals surface area contributed by atoms with Gasteiger partial charge >= 0.3 is 0 Å². The molecule has 1 aliphatic rings. The first kappa shape index (κ1) is 12.2. The average Bonchev–Trinajstić information content (AvgIpc) is 2.76. The van der Waals surface area contributed by atoms with Crippen molar-refractivity contribution in [1.29, 1.82) is 0 Å². The maximum absolute atomic E-state index is 13.8. The van der Waals surface area contributed by atoms with Gasteiger partial charge in [0.05, 0.1) is 12.6 Å². The molecule has 0 N–H and O–H groups in total. The quantitative estimate of drug-likeness (QED) is 0.632. The van der Waals surface area contributed by atoms with Crippen LogP contribution in [0.4, 0.5) is 13.2 Å². The monoisotopic (exact) mass is 269 g/mol. The summed E-state index contributed by atoms with van der Waals surface area (Å²) < 4.78 is 47.0. The van der Waals surface area contributed by atoms with Gasteiger partial charge in [-0.3, -0.25) is 0 Å². The molecule has 1 saturated heterocycles. The Bertz CT molecular complexity index is 617. The average molecular weight is 269 g/mol. The highest BCUT2D eigenvalue weighted by Crippen LogP contribution is 2.48. The van der Waals surface area contributed by atoms with E-state index in [1.807, 2.05) is 0 Å². The minimum Gasteiger partial charge on any atom is -0.359 e. The first-order valence-electron chi connectivity index (χ1n) is 5.68. The zero-order chi connectivity index (χ0) is 13.6. The summed E-state index contributed by atoms with van der Waals surface area (Å²) in [7, 11) is 0. The lowest BCUT2D eigenvalue weighted by Crippen LogP contribution is -2.22. The van der Waals surface area contributed by atoms with Crippen molar-refractivity contribution in [3.63, 3.8) is 0 Å². The molecule has 1 fully saturated rings. The lowest BCUT2D eigenvalue weighted by Gasteiger charge is -2.14. The Balaban J connectivity index is 2.01. The normalized spacial score (nSPS) is 25.6. The van der Waals surface area contributed by atoms with Gasteiger partial charge in [-0.1, -0.05) is 0 Å². The van der Waals surface area contributed by atoms with Crippen molar-refractivity contribution in [3.05, 3.63) is 47.8 Å². The van der Waals surface area contributed by atoms with E-state index < -0.39 is 23.1 Å². The van der Waals surface area contributed by atoms with Gasteiger partial charge in [-0.2, -0.15) is 5.10 Å². The second kappa shape index (κ2) is 4.06. The number of hydrogen-bond acceptors (Lipinski definition) is 3. The second-order valence-corrected chi connectivity index (χ2v) is 4.49. The van der Waals surface area contributed by atoms with Gasteiger partial charge in [-0.15, -0.1) is 0 Å². The number of rotatable bonds is 3. The fourth-order valence-corrected chi connectivity index (χ4v) is 2.22. The largest absolute Gasteiger partial charge is 0.359 e. The molecule has 1 aromatic carbocycles. The fourth-order valence-electron chi connectivity index (χ4n) is 2.22. The van der Waals surface area contributed by atoms with Crippen LogP contribution in [-0.4, -0.2) is 20.9 Å². The van der Waals surface area contributed by atoms with Crippen molar-refractivity contribution in [1.82, 2.24) is 14.8 Å². The summed E-state index contributed by atoms with van der Waals surface area (Å²) in [5, 5.41) is 3.91. The van der Waals surface area contributed by atoms with Crippen LogP contribution in [0.2, 0.25) is 0 Å². The van der Waals surface area contributed by atoms with Crippen LogP contribution in [0.1, 0.15) is 12.5 Å². The Morgan fingerprint density at radius 3 is 2.53 bits per heavy atom. The summed E-state index contributed by atoms with van der Waals surface area (Å²) in [5.74, 6) is -3.15. The molecule has 7 heteroatoms. The molecule has 1 aromatic heterocycles.